The van der Waals surface area contributed by atoms with Gasteiger partial charge in [0, 0.05) is 12.1 Å². The number of hydrogen-bond donors (Lipinski definition) is 2. The maximum atomic E-state index is 12.8. The third-order valence-corrected chi connectivity index (χ3v) is 3.86. The van der Waals surface area contributed by atoms with Crippen molar-refractivity contribution in [2.75, 3.05) is 12.4 Å². The van der Waals surface area contributed by atoms with Crippen LogP contribution in [0.2, 0.25) is 0 Å². The molecular weight excluding hydrogens is 372 g/mol. The van der Waals surface area contributed by atoms with Crippen molar-refractivity contribution in [3.05, 3.63) is 65.7 Å². The summed E-state index contributed by atoms with van der Waals surface area (Å²) in [5, 5.41) is 5.39. The van der Waals surface area contributed by atoms with Crippen molar-refractivity contribution >= 4 is 23.7 Å². The van der Waals surface area contributed by atoms with E-state index in [0.717, 1.165) is 5.56 Å². The second-order valence-corrected chi connectivity index (χ2v) is 7.45. The van der Waals surface area contributed by atoms with Crippen LogP contribution in [-0.2, 0) is 20.7 Å². The van der Waals surface area contributed by atoms with Gasteiger partial charge in [-0.3, -0.25) is 4.79 Å². The molecule has 2 rings (SSSR count). The van der Waals surface area contributed by atoms with E-state index in [2.05, 4.69) is 15.4 Å². The standard InChI is InChI=1S/C22H26N2O5/c1-22(2,3)29-21(27)24-18(14-15-8-6-5-7-9-15)19(25)23-17-12-10-16(11-13-17)20(26)28-4/h5-13,18H,14H2,1-4H3,(H,23,25)(H,24,27). The van der Waals surface area contributed by atoms with E-state index >= 15 is 0 Å². The Balaban J connectivity index is 2.12. The maximum absolute atomic E-state index is 12.8. The van der Waals surface area contributed by atoms with Gasteiger partial charge in [0.25, 0.3) is 0 Å². The average molecular weight is 398 g/mol. The van der Waals surface area contributed by atoms with Crippen molar-refractivity contribution < 1.29 is 23.9 Å². The molecule has 2 N–H and O–H groups in total. The van der Waals surface area contributed by atoms with Crippen molar-refractivity contribution in [1.29, 1.82) is 0 Å². The maximum Gasteiger partial charge on any atom is 0.408 e. The normalized spacial score (nSPS) is 11.9. The molecule has 0 fully saturated rings. The van der Waals surface area contributed by atoms with E-state index in [-0.39, 0.29) is 0 Å². The van der Waals surface area contributed by atoms with E-state index in [1.165, 1.54) is 7.11 Å². The number of nitrogens with one attached hydrogen (secondary N) is 2. The van der Waals surface area contributed by atoms with E-state index in [1.54, 1.807) is 45.0 Å². The highest BCUT2D eigenvalue weighted by Gasteiger charge is 2.25. The Morgan fingerprint density at radius 3 is 2.14 bits per heavy atom. The van der Waals surface area contributed by atoms with E-state index in [4.69, 9.17) is 4.74 Å². The van der Waals surface area contributed by atoms with Crippen LogP contribution in [0.5, 0.6) is 0 Å². The van der Waals surface area contributed by atoms with Gasteiger partial charge in [-0.1, -0.05) is 30.3 Å². The number of amides is 2. The first-order chi connectivity index (χ1) is 13.7. The molecule has 2 aromatic rings. The van der Waals surface area contributed by atoms with Crippen LogP contribution < -0.4 is 10.6 Å². The minimum Gasteiger partial charge on any atom is -0.465 e. The van der Waals surface area contributed by atoms with Crippen molar-refractivity contribution in [2.24, 2.45) is 0 Å². The first-order valence-corrected chi connectivity index (χ1v) is 9.20. The molecule has 0 aromatic heterocycles. The van der Waals surface area contributed by atoms with Crippen LogP contribution in [0.15, 0.2) is 54.6 Å². The molecule has 0 spiro atoms. The molecule has 0 heterocycles. The lowest BCUT2D eigenvalue weighted by Gasteiger charge is -2.23. The summed E-state index contributed by atoms with van der Waals surface area (Å²) in [6.45, 7) is 5.26. The lowest BCUT2D eigenvalue weighted by molar-refractivity contribution is -0.118. The number of methoxy groups -OCH3 is 1. The Bertz CT molecular complexity index is 842. The second kappa shape index (κ2) is 9.73. The molecule has 0 aliphatic carbocycles. The van der Waals surface area contributed by atoms with Gasteiger partial charge >= 0.3 is 12.1 Å². The Morgan fingerprint density at radius 2 is 1.59 bits per heavy atom. The number of hydrogen-bond acceptors (Lipinski definition) is 5. The summed E-state index contributed by atoms with van der Waals surface area (Å²) < 4.78 is 9.94. The van der Waals surface area contributed by atoms with Crippen LogP contribution in [0.1, 0.15) is 36.7 Å². The first-order valence-electron chi connectivity index (χ1n) is 9.20. The summed E-state index contributed by atoms with van der Waals surface area (Å²) in [5.41, 5.74) is 1.08. The third-order valence-electron chi connectivity index (χ3n) is 3.86. The topological polar surface area (TPSA) is 93.7 Å². The highest BCUT2D eigenvalue weighted by Crippen LogP contribution is 2.13. The van der Waals surface area contributed by atoms with Gasteiger partial charge in [0.15, 0.2) is 0 Å². The van der Waals surface area contributed by atoms with Gasteiger partial charge in [-0.2, -0.15) is 0 Å². The number of alkyl carbamates (subject to hydrolysis) is 1. The number of anilines is 1. The number of carbonyl (C=O) groups is 3. The van der Waals surface area contributed by atoms with Gasteiger partial charge in [-0.05, 0) is 50.6 Å². The van der Waals surface area contributed by atoms with Crippen LogP contribution in [-0.4, -0.2) is 36.7 Å². The zero-order chi connectivity index (χ0) is 21.4. The van der Waals surface area contributed by atoms with Crippen molar-refractivity contribution in [3.8, 4) is 0 Å². The molecular formula is C22H26N2O5. The van der Waals surface area contributed by atoms with Crippen molar-refractivity contribution in [3.63, 3.8) is 0 Å². The molecule has 0 aliphatic rings. The smallest absolute Gasteiger partial charge is 0.408 e. The molecule has 0 saturated heterocycles. The minimum absolute atomic E-state index is 0.298. The lowest BCUT2D eigenvalue weighted by Crippen LogP contribution is -2.47. The number of ether oxygens (including phenoxy) is 2. The molecule has 7 heteroatoms. The predicted octanol–water partition coefficient (Wildman–Crippen LogP) is 3.55. The number of carbonyl (C=O) groups excluding carboxylic acids is 3. The van der Waals surface area contributed by atoms with Gasteiger partial charge < -0.3 is 20.1 Å². The average Bonchev–Trinajstić information content (AvgIpc) is 2.66. The van der Waals surface area contributed by atoms with Crippen LogP contribution in [0.25, 0.3) is 0 Å². The summed E-state index contributed by atoms with van der Waals surface area (Å²) in [4.78, 5) is 36.5. The van der Waals surface area contributed by atoms with Crippen molar-refractivity contribution in [2.45, 2.75) is 38.8 Å². The molecule has 1 atom stereocenters. The quantitative estimate of drug-likeness (QED) is 0.726. The minimum atomic E-state index is -0.840. The summed E-state index contributed by atoms with van der Waals surface area (Å²) in [7, 11) is 1.30. The molecule has 154 valence electrons. The number of esters is 1. The van der Waals surface area contributed by atoms with Crippen LogP contribution >= 0.6 is 0 Å². The molecule has 29 heavy (non-hydrogen) atoms. The van der Waals surface area contributed by atoms with Gasteiger partial charge in [-0.15, -0.1) is 0 Å². The van der Waals surface area contributed by atoms with Crippen molar-refractivity contribution in [1.82, 2.24) is 5.32 Å². The molecule has 1 unspecified atom stereocenters. The van der Waals surface area contributed by atoms with Gasteiger partial charge in [0.05, 0.1) is 12.7 Å². The Hall–Kier alpha value is -3.35. The van der Waals surface area contributed by atoms with Gasteiger partial charge in [0.1, 0.15) is 11.6 Å². The third kappa shape index (κ3) is 7.29. The highest BCUT2D eigenvalue weighted by molar-refractivity contribution is 5.97. The Kier molecular flexibility index (Phi) is 7.36. The number of benzene rings is 2. The zero-order valence-corrected chi connectivity index (χ0v) is 17.0. The highest BCUT2D eigenvalue weighted by atomic mass is 16.6. The summed E-state index contributed by atoms with van der Waals surface area (Å²) >= 11 is 0. The largest absolute Gasteiger partial charge is 0.465 e. The van der Waals surface area contributed by atoms with E-state index < -0.39 is 29.6 Å². The Morgan fingerprint density at radius 1 is 0.966 bits per heavy atom. The zero-order valence-electron chi connectivity index (χ0n) is 17.0. The summed E-state index contributed by atoms with van der Waals surface area (Å²) in [6.07, 6.45) is -0.374. The predicted molar refractivity (Wildman–Crippen MR) is 110 cm³/mol. The van der Waals surface area contributed by atoms with Crippen LogP contribution in [0.4, 0.5) is 10.5 Å². The fourth-order valence-corrected chi connectivity index (χ4v) is 2.55. The summed E-state index contributed by atoms with van der Waals surface area (Å²) in [6, 6.07) is 14.8. The monoisotopic (exact) mass is 398 g/mol. The van der Waals surface area contributed by atoms with Crippen LogP contribution in [0, 0.1) is 0 Å². The Labute approximate surface area is 170 Å². The molecule has 0 aliphatic heterocycles. The number of rotatable bonds is 6. The second-order valence-electron chi connectivity index (χ2n) is 7.45. The van der Waals surface area contributed by atoms with Gasteiger partial charge in [0.2, 0.25) is 5.91 Å². The fraction of sp³-hybridized carbons (Fsp3) is 0.318. The summed E-state index contributed by atoms with van der Waals surface area (Å²) in [5.74, 6) is -0.859. The molecule has 2 aromatic carbocycles. The molecule has 2 amide bonds. The fourth-order valence-electron chi connectivity index (χ4n) is 2.55. The first kappa shape index (κ1) is 21.9. The molecule has 0 saturated carbocycles. The molecule has 0 bridgehead atoms. The van der Waals surface area contributed by atoms with E-state index in [1.807, 2.05) is 30.3 Å². The van der Waals surface area contributed by atoms with Crippen LogP contribution in [0.3, 0.4) is 0 Å². The molecule has 0 radical (unpaired) electrons. The lowest BCUT2D eigenvalue weighted by atomic mass is 10.1. The van der Waals surface area contributed by atoms with E-state index in [0.29, 0.717) is 17.7 Å². The SMILES string of the molecule is COC(=O)c1ccc(NC(=O)C(Cc2ccccc2)NC(=O)OC(C)(C)C)cc1. The molecule has 7 nitrogen and oxygen atoms in total. The van der Waals surface area contributed by atoms with E-state index in [9.17, 15) is 14.4 Å². The van der Waals surface area contributed by atoms with Gasteiger partial charge in [-0.25, -0.2) is 9.59 Å².